The molecule has 0 aliphatic rings. The van der Waals surface area contributed by atoms with Crippen LogP contribution in [0.25, 0.3) is 0 Å². The van der Waals surface area contributed by atoms with Gasteiger partial charge in [-0.15, -0.1) is 0 Å². The molecule has 0 aliphatic carbocycles. The van der Waals surface area contributed by atoms with Gasteiger partial charge in [0.05, 0.1) is 10.5 Å². The molecule has 28 heavy (non-hydrogen) atoms. The minimum Gasteiger partial charge on any atom is -0.478 e. The number of halogens is 1. The summed E-state index contributed by atoms with van der Waals surface area (Å²) in [6, 6.07) is 15.6. The number of hydrogen-bond donors (Lipinski definition) is 1. The zero-order valence-corrected chi connectivity index (χ0v) is 16.3. The van der Waals surface area contributed by atoms with Crippen molar-refractivity contribution < 1.29 is 18.3 Å². The first-order chi connectivity index (χ1) is 13.4. The van der Waals surface area contributed by atoms with E-state index >= 15 is 0 Å². The molecular formula is C20H17ClN2O4S. The number of rotatable bonds is 7. The number of aromatic carboxylic acids is 1. The third kappa shape index (κ3) is 4.75. The number of carbonyl (C=O) groups is 1. The lowest BCUT2D eigenvalue weighted by molar-refractivity contribution is 0.0697. The summed E-state index contributed by atoms with van der Waals surface area (Å²) in [5, 5.41) is 9.48. The van der Waals surface area contributed by atoms with Crippen molar-refractivity contribution in [2.24, 2.45) is 0 Å². The Balaban J connectivity index is 1.94. The monoisotopic (exact) mass is 416 g/mol. The molecule has 1 aromatic heterocycles. The van der Waals surface area contributed by atoms with Crippen molar-refractivity contribution in [2.45, 2.75) is 18.0 Å². The van der Waals surface area contributed by atoms with Gasteiger partial charge in [0.2, 0.25) is 10.0 Å². The molecule has 0 aliphatic heterocycles. The van der Waals surface area contributed by atoms with Crippen LogP contribution in [0.2, 0.25) is 5.02 Å². The van der Waals surface area contributed by atoms with Crippen molar-refractivity contribution in [3.63, 3.8) is 0 Å². The molecule has 0 saturated heterocycles. The maximum atomic E-state index is 13.2. The van der Waals surface area contributed by atoms with E-state index < -0.39 is 16.0 Å². The highest BCUT2D eigenvalue weighted by Gasteiger charge is 2.25. The molecule has 0 amide bonds. The summed E-state index contributed by atoms with van der Waals surface area (Å²) in [6.07, 6.45) is 3.23. The highest BCUT2D eigenvalue weighted by molar-refractivity contribution is 7.89. The van der Waals surface area contributed by atoms with Gasteiger partial charge < -0.3 is 5.11 Å². The number of carboxylic acids is 1. The second kappa shape index (κ2) is 8.52. The van der Waals surface area contributed by atoms with E-state index in [0.717, 1.165) is 5.56 Å². The quantitative estimate of drug-likeness (QED) is 0.632. The summed E-state index contributed by atoms with van der Waals surface area (Å²) < 4.78 is 27.7. The fraction of sp³-hybridized carbons (Fsp3) is 0.100. The van der Waals surface area contributed by atoms with Gasteiger partial charge in [-0.1, -0.05) is 29.8 Å². The average Bonchev–Trinajstić information content (AvgIpc) is 2.69. The number of benzene rings is 2. The van der Waals surface area contributed by atoms with Gasteiger partial charge in [-0.05, 0) is 53.6 Å². The summed E-state index contributed by atoms with van der Waals surface area (Å²) in [5.74, 6) is -1.03. The smallest absolute Gasteiger partial charge is 0.335 e. The number of nitrogens with zero attached hydrogens (tertiary/aromatic N) is 2. The van der Waals surface area contributed by atoms with Crippen molar-refractivity contribution >= 4 is 27.6 Å². The van der Waals surface area contributed by atoms with Crippen LogP contribution in [0.4, 0.5) is 0 Å². The van der Waals surface area contributed by atoms with Crippen LogP contribution in [0.3, 0.4) is 0 Å². The van der Waals surface area contributed by atoms with Crippen LogP contribution in [0.5, 0.6) is 0 Å². The zero-order chi connectivity index (χ0) is 20.1. The largest absolute Gasteiger partial charge is 0.478 e. The Labute approximate surface area is 168 Å². The highest BCUT2D eigenvalue weighted by Crippen LogP contribution is 2.22. The second-order valence-electron chi connectivity index (χ2n) is 6.09. The molecule has 3 rings (SSSR count). The molecule has 144 valence electrons. The Morgan fingerprint density at radius 1 is 0.964 bits per heavy atom. The van der Waals surface area contributed by atoms with E-state index in [1.54, 1.807) is 36.7 Å². The van der Waals surface area contributed by atoms with Gasteiger partial charge in [-0.25, -0.2) is 13.2 Å². The number of pyridine rings is 1. The SMILES string of the molecule is O=C(O)c1ccc(CN(Cc2cccnc2)S(=O)(=O)c2ccc(Cl)cc2)cc1. The molecule has 3 aromatic rings. The van der Waals surface area contributed by atoms with Crippen molar-refractivity contribution in [1.82, 2.24) is 9.29 Å². The number of hydrogen-bond acceptors (Lipinski definition) is 4. The first-order valence-electron chi connectivity index (χ1n) is 8.33. The van der Waals surface area contributed by atoms with Gasteiger partial charge in [0.25, 0.3) is 0 Å². The first-order valence-corrected chi connectivity index (χ1v) is 10.1. The van der Waals surface area contributed by atoms with E-state index in [9.17, 15) is 13.2 Å². The van der Waals surface area contributed by atoms with Crippen molar-refractivity contribution in [1.29, 1.82) is 0 Å². The van der Waals surface area contributed by atoms with Crippen LogP contribution in [0, 0.1) is 0 Å². The molecule has 8 heteroatoms. The van der Waals surface area contributed by atoms with E-state index in [2.05, 4.69) is 4.98 Å². The highest BCUT2D eigenvalue weighted by atomic mass is 35.5. The molecule has 2 aromatic carbocycles. The molecule has 0 unspecified atom stereocenters. The van der Waals surface area contributed by atoms with Crippen LogP contribution in [-0.2, 0) is 23.1 Å². The lowest BCUT2D eigenvalue weighted by Gasteiger charge is -2.22. The fourth-order valence-corrected chi connectivity index (χ4v) is 4.18. The molecule has 1 N–H and O–H groups in total. The fourth-order valence-electron chi connectivity index (χ4n) is 2.63. The van der Waals surface area contributed by atoms with Crippen molar-refractivity contribution in [3.05, 3.63) is 94.8 Å². The van der Waals surface area contributed by atoms with Gasteiger partial charge in [-0.3, -0.25) is 4.98 Å². The van der Waals surface area contributed by atoms with Gasteiger partial charge in [-0.2, -0.15) is 4.31 Å². The first kappa shape index (κ1) is 20.0. The normalized spacial score (nSPS) is 11.5. The van der Waals surface area contributed by atoms with Crippen LogP contribution >= 0.6 is 11.6 Å². The summed E-state index contributed by atoms with van der Waals surface area (Å²) in [5.41, 5.74) is 1.55. The molecule has 0 atom stereocenters. The van der Waals surface area contributed by atoms with Gasteiger partial charge in [0, 0.05) is 30.5 Å². The second-order valence-corrected chi connectivity index (χ2v) is 8.46. The van der Waals surface area contributed by atoms with E-state index in [1.165, 1.54) is 40.7 Å². The zero-order valence-electron chi connectivity index (χ0n) is 14.7. The van der Waals surface area contributed by atoms with E-state index in [0.29, 0.717) is 10.6 Å². The van der Waals surface area contributed by atoms with Gasteiger partial charge >= 0.3 is 5.97 Å². The van der Waals surface area contributed by atoms with Crippen molar-refractivity contribution in [3.8, 4) is 0 Å². The van der Waals surface area contributed by atoms with Crippen LogP contribution in [0.1, 0.15) is 21.5 Å². The Morgan fingerprint density at radius 3 is 2.18 bits per heavy atom. The number of sulfonamides is 1. The summed E-state index contributed by atoms with van der Waals surface area (Å²) in [6.45, 7) is 0.208. The summed E-state index contributed by atoms with van der Waals surface area (Å²) >= 11 is 5.88. The molecule has 0 fully saturated rings. The molecule has 0 saturated carbocycles. The maximum absolute atomic E-state index is 13.2. The van der Waals surface area contributed by atoms with Crippen LogP contribution in [0.15, 0.2) is 78.0 Å². The number of aromatic nitrogens is 1. The Morgan fingerprint density at radius 2 is 1.61 bits per heavy atom. The van der Waals surface area contributed by atoms with Crippen LogP contribution in [-0.4, -0.2) is 28.8 Å². The molecule has 0 spiro atoms. The molecular weight excluding hydrogens is 400 g/mol. The standard InChI is InChI=1S/C20H17ClN2O4S/c21-18-7-9-19(10-8-18)28(26,27)23(14-16-2-1-11-22-12-16)13-15-3-5-17(6-4-15)20(24)25/h1-12H,13-14H2,(H,24,25). The van der Waals surface area contributed by atoms with Gasteiger partial charge in [0.1, 0.15) is 0 Å². The predicted molar refractivity (Wildman–Crippen MR) is 106 cm³/mol. The van der Waals surface area contributed by atoms with E-state index in [-0.39, 0.29) is 23.5 Å². The summed E-state index contributed by atoms with van der Waals surface area (Å²) in [4.78, 5) is 15.2. The lowest BCUT2D eigenvalue weighted by Crippen LogP contribution is -2.30. The topological polar surface area (TPSA) is 87.6 Å². The van der Waals surface area contributed by atoms with Crippen molar-refractivity contribution in [2.75, 3.05) is 0 Å². The third-order valence-electron chi connectivity index (χ3n) is 4.09. The minimum absolute atomic E-state index is 0.0831. The van der Waals surface area contributed by atoms with E-state index in [1.807, 2.05) is 0 Å². The Kier molecular flexibility index (Phi) is 6.08. The molecule has 0 radical (unpaired) electrons. The molecule has 1 heterocycles. The maximum Gasteiger partial charge on any atom is 0.335 e. The summed E-state index contributed by atoms with van der Waals surface area (Å²) in [7, 11) is -3.81. The third-order valence-corrected chi connectivity index (χ3v) is 6.15. The van der Waals surface area contributed by atoms with Gasteiger partial charge in [0.15, 0.2) is 0 Å². The minimum atomic E-state index is -3.81. The Hall–Kier alpha value is -2.74. The molecule has 0 bridgehead atoms. The average molecular weight is 417 g/mol. The predicted octanol–water partition coefficient (Wildman–Crippen LogP) is 3.82. The van der Waals surface area contributed by atoms with Crippen LogP contribution < -0.4 is 0 Å². The Bertz CT molecular complexity index is 1050. The number of carboxylic acid groups (broad SMARTS) is 1. The lowest BCUT2D eigenvalue weighted by atomic mass is 10.1. The van der Waals surface area contributed by atoms with E-state index in [4.69, 9.17) is 16.7 Å². The molecule has 6 nitrogen and oxygen atoms in total.